The number of thiophene rings is 1. The summed E-state index contributed by atoms with van der Waals surface area (Å²) in [5, 5.41) is 7.00. The van der Waals surface area contributed by atoms with Crippen molar-refractivity contribution in [2.75, 3.05) is 0 Å². The Bertz CT molecular complexity index is 463. The van der Waals surface area contributed by atoms with E-state index in [1.54, 1.807) is 11.3 Å². The average Bonchev–Trinajstić information content (AvgIpc) is 2.70. The first-order valence-corrected chi connectivity index (χ1v) is 4.96. The molecule has 68 valence electrons. The van der Waals surface area contributed by atoms with Crippen LogP contribution in [0.25, 0.3) is 0 Å². The van der Waals surface area contributed by atoms with Gasteiger partial charge in [-0.25, -0.2) is 9.89 Å². The summed E-state index contributed by atoms with van der Waals surface area (Å²) in [6, 6.07) is 3.92. The summed E-state index contributed by atoms with van der Waals surface area (Å²) in [6.07, 6.45) is 0. The molecule has 0 unspecified atom stereocenters. The van der Waals surface area contributed by atoms with E-state index in [1.807, 2.05) is 17.5 Å². The number of H-pyrrole nitrogens is 2. The van der Waals surface area contributed by atoms with Crippen LogP contribution in [0.3, 0.4) is 0 Å². The van der Waals surface area contributed by atoms with Gasteiger partial charge in [0.05, 0.1) is 6.54 Å². The maximum atomic E-state index is 11.2. The van der Waals surface area contributed by atoms with Gasteiger partial charge in [-0.15, -0.1) is 11.3 Å². The lowest BCUT2D eigenvalue weighted by Crippen LogP contribution is -2.16. The molecule has 13 heavy (non-hydrogen) atoms. The maximum absolute atomic E-state index is 11.2. The van der Waals surface area contributed by atoms with Crippen molar-refractivity contribution in [3.05, 3.63) is 37.6 Å². The SMILES string of the molecule is O=c1[nH][nH]c(=S)n1Cc1cccs1. The highest BCUT2D eigenvalue weighted by Crippen LogP contribution is 2.08. The fraction of sp³-hybridized carbons (Fsp3) is 0.143. The molecule has 4 nitrogen and oxygen atoms in total. The molecule has 2 aromatic rings. The van der Waals surface area contributed by atoms with Crippen LogP contribution in [-0.2, 0) is 6.54 Å². The summed E-state index contributed by atoms with van der Waals surface area (Å²) in [5.74, 6) is 0. The van der Waals surface area contributed by atoms with Crippen molar-refractivity contribution in [1.82, 2.24) is 14.8 Å². The third-order valence-electron chi connectivity index (χ3n) is 1.66. The van der Waals surface area contributed by atoms with Crippen molar-refractivity contribution in [3.63, 3.8) is 0 Å². The van der Waals surface area contributed by atoms with Gasteiger partial charge >= 0.3 is 5.69 Å². The summed E-state index contributed by atoms with van der Waals surface area (Å²) in [5.41, 5.74) is -0.196. The number of nitrogens with zero attached hydrogens (tertiary/aromatic N) is 1. The molecule has 0 bridgehead atoms. The van der Waals surface area contributed by atoms with Crippen molar-refractivity contribution in [1.29, 1.82) is 0 Å². The Kier molecular flexibility index (Phi) is 2.15. The zero-order chi connectivity index (χ0) is 9.26. The topological polar surface area (TPSA) is 53.6 Å². The molecule has 0 aliphatic heterocycles. The fourth-order valence-corrected chi connectivity index (χ4v) is 1.93. The average molecular weight is 213 g/mol. The minimum absolute atomic E-state index is 0.196. The third-order valence-corrected chi connectivity index (χ3v) is 2.84. The number of hydrogen-bond donors (Lipinski definition) is 2. The first-order chi connectivity index (χ1) is 6.27. The largest absolute Gasteiger partial charge is 0.342 e. The molecule has 0 aromatic carbocycles. The lowest BCUT2D eigenvalue weighted by molar-refractivity contribution is 0.761. The van der Waals surface area contributed by atoms with Gasteiger partial charge in [0.2, 0.25) is 0 Å². The van der Waals surface area contributed by atoms with E-state index in [2.05, 4.69) is 10.2 Å². The van der Waals surface area contributed by atoms with E-state index in [9.17, 15) is 4.79 Å². The van der Waals surface area contributed by atoms with Crippen molar-refractivity contribution in [2.24, 2.45) is 0 Å². The Morgan fingerprint density at radius 1 is 1.54 bits per heavy atom. The smallest absolute Gasteiger partial charge is 0.272 e. The first-order valence-electron chi connectivity index (χ1n) is 3.67. The van der Waals surface area contributed by atoms with Crippen molar-refractivity contribution in [3.8, 4) is 0 Å². The molecule has 0 saturated carbocycles. The minimum Gasteiger partial charge on any atom is -0.272 e. The van der Waals surface area contributed by atoms with Crippen LogP contribution in [0.1, 0.15) is 4.88 Å². The first kappa shape index (κ1) is 8.46. The van der Waals surface area contributed by atoms with Gasteiger partial charge in [0.1, 0.15) is 0 Å². The van der Waals surface area contributed by atoms with Gasteiger partial charge < -0.3 is 0 Å². The van der Waals surface area contributed by atoms with Gasteiger partial charge in [-0.3, -0.25) is 9.67 Å². The van der Waals surface area contributed by atoms with Crippen LogP contribution in [0.2, 0.25) is 0 Å². The molecular weight excluding hydrogens is 206 g/mol. The van der Waals surface area contributed by atoms with Crippen molar-refractivity contribution >= 4 is 23.6 Å². The number of rotatable bonds is 2. The Morgan fingerprint density at radius 2 is 2.38 bits per heavy atom. The predicted octanol–water partition coefficient (Wildman–Crippen LogP) is 1.34. The summed E-state index contributed by atoms with van der Waals surface area (Å²) in [7, 11) is 0. The van der Waals surface area contributed by atoms with Gasteiger partial charge in [-0.05, 0) is 23.7 Å². The standard InChI is InChI=1S/C7H7N3OS2/c11-6-8-9-7(12)10(6)4-5-2-1-3-13-5/h1-3H,4H2,(H,8,11)(H,9,12). The van der Waals surface area contributed by atoms with E-state index in [1.165, 1.54) is 4.57 Å². The fourth-order valence-electron chi connectivity index (χ4n) is 1.04. The highest BCUT2D eigenvalue weighted by atomic mass is 32.1. The number of aromatic amines is 2. The van der Waals surface area contributed by atoms with Gasteiger partial charge in [-0.1, -0.05) is 6.07 Å². The van der Waals surface area contributed by atoms with Gasteiger partial charge in [0.25, 0.3) is 0 Å². The molecule has 0 atom stereocenters. The van der Waals surface area contributed by atoms with E-state index in [0.717, 1.165) is 4.88 Å². The van der Waals surface area contributed by atoms with Gasteiger partial charge in [0.15, 0.2) is 4.77 Å². The zero-order valence-electron chi connectivity index (χ0n) is 6.61. The summed E-state index contributed by atoms with van der Waals surface area (Å²) in [4.78, 5) is 12.3. The van der Waals surface area contributed by atoms with Gasteiger partial charge in [-0.2, -0.15) is 0 Å². The molecule has 2 rings (SSSR count). The van der Waals surface area contributed by atoms with Crippen LogP contribution in [0.5, 0.6) is 0 Å². The summed E-state index contributed by atoms with van der Waals surface area (Å²) in [6.45, 7) is 0.537. The van der Waals surface area contributed by atoms with Crippen LogP contribution in [0, 0.1) is 4.77 Å². The van der Waals surface area contributed by atoms with E-state index >= 15 is 0 Å². The second-order valence-electron chi connectivity index (χ2n) is 2.53. The predicted molar refractivity (Wildman–Crippen MR) is 53.7 cm³/mol. The summed E-state index contributed by atoms with van der Waals surface area (Å²) < 4.78 is 1.92. The normalized spacial score (nSPS) is 10.5. The molecule has 0 aliphatic carbocycles. The Morgan fingerprint density at radius 3 is 2.92 bits per heavy atom. The Labute approximate surface area is 82.8 Å². The molecule has 0 spiro atoms. The van der Waals surface area contributed by atoms with Crippen LogP contribution >= 0.6 is 23.6 Å². The molecule has 2 heterocycles. The molecule has 2 N–H and O–H groups in total. The lowest BCUT2D eigenvalue weighted by atomic mass is 10.5. The quantitative estimate of drug-likeness (QED) is 0.740. The number of nitrogens with one attached hydrogen (secondary N) is 2. The molecule has 0 aliphatic rings. The van der Waals surface area contributed by atoms with Crippen molar-refractivity contribution < 1.29 is 0 Å². The Hall–Kier alpha value is -1.14. The van der Waals surface area contributed by atoms with E-state index in [0.29, 0.717) is 11.3 Å². The third kappa shape index (κ3) is 1.63. The highest BCUT2D eigenvalue weighted by molar-refractivity contribution is 7.71. The molecule has 0 radical (unpaired) electrons. The second-order valence-corrected chi connectivity index (χ2v) is 3.94. The van der Waals surface area contributed by atoms with Crippen LogP contribution in [-0.4, -0.2) is 14.8 Å². The van der Waals surface area contributed by atoms with Crippen LogP contribution in [0.15, 0.2) is 22.3 Å². The number of aromatic nitrogens is 3. The van der Waals surface area contributed by atoms with E-state index < -0.39 is 0 Å². The molecule has 0 saturated heterocycles. The van der Waals surface area contributed by atoms with Crippen LogP contribution in [0.4, 0.5) is 0 Å². The molecule has 6 heteroatoms. The molecule has 0 fully saturated rings. The van der Waals surface area contributed by atoms with E-state index in [4.69, 9.17) is 12.2 Å². The second kappa shape index (κ2) is 3.31. The van der Waals surface area contributed by atoms with Crippen molar-refractivity contribution in [2.45, 2.75) is 6.54 Å². The lowest BCUT2D eigenvalue weighted by Gasteiger charge is -1.94. The van der Waals surface area contributed by atoms with E-state index in [-0.39, 0.29) is 5.69 Å². The maximum Gasteiger partial charge on any atom is 0.342 e. The Balaban J connectivity index is 2.38. The molecule has 0 amide bonds. The van der Waals surface area contributed by atoms with Crippen LogP contribution < -0.4 is 5.69 Å². The highest BCUT2D eigenvalue weighted by Gasteiger charge is 2.01. The van der Waals surface area contributed by atoms with Gasteiger partial charge in [0, 0.05) is 4.88 Å². The summed E-state index contributed by atoms with van der Waals surface area (Å²) >= 11 is 6.53. The number of hydrogen-bond acceptors (Lipinski definition) is 3. The zero-order valence-corrected chi connectivity index (χ0v) is 8.24. The minimum atomic E-state index is -0.196. The molecule has 2 aromatic heterocycles. The molecular formula is C7H7N3OS2. The monoisotopic (exact) mass is 213 g/mol.